The second kappa shape index (κ2) is 48.8. The van der Waals surface area contributed by atoms with Crippen LogP contribution in [0.5, 0.6) is 46.0 Å². The number of hydrogen-bond acceptors (Lipinski definition) is 22. The molecule has 2 atom stereocenters. The number of alkyl halides is 12. The predicted molar refractivity (Wildman–Crippen MR) is 532 cm³/mol. The molecule has 16 rings (SSSR count). The number of carbonyl (C=O) groups is 8. The Kier molecular flexibility index (Phi) is 37.7. The summed E-state index contributed by atoms with van der Waals surface area (Å²) in [6.07, 6.45) is -21.9. The number of esters is 4. The molecule has 4 heterocycles. The smallest absolute Gasteiger partial charge is 0.422 e. The van der Waals surface area contributed by atoms with Gasteiger partial charge in [-0.1, -0.05) is 183 Å². The van der Waals surface area contributed by atoms with Crippen LogP contribution in [0.25, 0.3) is 43.1 Å². The molecule has 0 aliphatic carbocycles. The largest absolute Gasteiger partial charge is 0.493 e. The second-order valence-electron chi connectivity index (χ2n) is 32.4. The van der Waals surface area contributed by atoms with Gasteiger partial charge in [0.25, 0.3) is 23.6 Å². The van der Waals surface area contributed by atoms with Gasteiger partial charge in [0, 0.05) is 54.2 Å². The molecule has 788 valence electrons. The molecule has 4 aliphatic rings. The molecule has 12 aromatic carbocycles. The van der Waals surface area contributed by atoms with Crippen molar-refractivity contribution in [1.29, 1.82) is 0 Å². The maximum Gasteiger partial charge on any atom is 0.422 e. The van der Waals surface area contributed by atoms with E-state index in [1.54, 1.807) is 189 Å². The predicted octanol–water partition coefficient (Wildman–Crippen LogP) is 24.7. The fourth-order valence-corrected chi connectivity index (χ4v) is 18.3. The van der Waals surface area contributed by atoms with Gasteiger partial charge in [-0.05, 0) is 126 Å². The highest BCUT2D eigenvalue weighted by molar-refractivity contribution is 6.37. The highest BCUT2D eigenvalue weighted by Crippen LogP contribution is 2.56. The fourth-order valence-electron chi connectivity index (χ4n) is 17.1. The average Bonchev–Trinajstić information content (AvgIpc) is 1.57. The first kappa shape index (κ1) is 114. The first-order valence-electron chi connectivity index (χ1n) is 45.5. The van der Waals surface area contributed by atoms with Crippen LogP contribution in [-0.2, 0) is 76.9 Å². The molecule has 0 aromatic heterocycles. The third kappa shape index (κ3) is 25.5. The third-order valence-corrected chi connectivity index (χ3v) is 23.8. The summed E-state index contributed by atoms with van der Waals surface area (Å²) in [5.41, 5.74) is 3.43. The molecule has 0 spiro atoms. The van der Waals surface area contributed by atoms with Gasteiger partial charge < -0.3 is 76.9 Å². The van der Waals surface area contributed by atoms with Gasteiger partial charge in [-0.3, -0.25) is 48.2 Å². The number of hydrogen-bond donors (Lipinski definition) is 2. The van der Waals surface area contributed by atoms with Crippen molar-refractivity contribution in [2.45, 2.75) is 146 Å². The molecule has 4 amide bonds. The van der Waals surface area contributed by atoms with E-state index in [4.69, 9.17) is 103 Å². The Balaban J connectivity index is 0.000000187. The van der Waals surface area contributed by atoms with Gasteiger partial charge in [0.2, 0.25) is 0 Å². The maximum absolute atomic E-state index is 13.7. The molecule has 0 fully saturated rings. The molecule has 0 saturated carbocycles. The molecule has 26 nitrogen and oxygen atoms in total. The van der Waals surface area contributed by atoms with Crippen molar-refractivity contribution in [3.8, 4) is 46.0 Å². The van der Waals surface area contributed by atoms with Crippen molar-refractivity contribution in [1.82, 2.24) is 0 Å². The van der Waals surface area contributed by atoms with Gasteiger partial charge in [0.05, 0.1) is 168 Å². The van der Waals surface area contributed by atoms with Gasteiger partial charge in [0.15, 0.2) is 38.9 Å². The highest BCUT2D eigenvalue weighted by Gasteiger charge is 2.49. The van der Waals surface area contributed by atoms with Crippen molar-refractivity contribution < 1.29 is 158 Å². The Hall–Kier alpha value is -13.9. The van der Waals surface area contributed by atoms with Crippen LogP contribution in [0.2, 0.25) is 20.1 Å². The molecular weight excluding hydrogens is 2050 g/mol. The van der Waals surface area contributed by atoms with E-state index in [0.717, 1.165) is 9.80 Å². The average molecular weight is 2150 g/mol. The lowest BCUT2D eigenvalue weighted by molar-refractivity contribution is -0.154. The van der Waals surface area contributed by atoms with Crippen LogP contribution in [0.4, 0.5) is 75.4 Å². The number of fused-ring (bicyclic) bond motifs is 8. The van der Waals surface area contributed by atoms with Crippen molar-refractivity contribution >= 4 is 160 Å². The van der Waals surface area contributed by atoms with Crippen molar-refractivity contribution in [2.75, 3.05) is 98.9 Å². The van der Waals surface area contributed by atoms with Gasteiger partial charge in [-0.25, -0.2) is 0 Å². The number of aliphatic hydroxyl groups excluding tert-OH is 2. The molecule has 2 unspecified atom stereocenters. The van der Waals surface area contributed by atoms with Gasteiger partial charge in [0.1, 0.15) is 46.0 Å². The first-order valence-corrected chi connectivity index (χ1v) is 47.0. The molecule has 0 saturated heterocycles. The van der Waals surface area contributed by atoms with Crippen molar-refractivity contribution in [3.05, 3.63) is 257 Å². The lowest BCUT2D eigenvalue weighted by Gasteiger charge is -2.23. The number of carbonyl (C=O) groups excluding carboxylic acids is 8. The summed E-state index contributed by atoms with van der Waals surface area (Å²) in [6, 6.07) is 44.6. The Morgan fingerprint density at radius 2 is 0.514 bits per heavy atom. The second-order valence-corrected chi connectivity index (χ2v) is 34.0. The zero-order valence-electron chi connectivity index (χ0n) is 78.9. The number of nitrogens with zero attached hydrogens (tertiary/aromatic N) is 4. The summed E-state index contributed by atoms with van der Waals surface area (Å²) in [5.74, 6) is -4.11. The standard InChI is InChI=1S/2C26H23ClF3NO6.2C26H23ClF3NO5.2CH4/c2*1-3-35-19(32)12-14-9-10-18(17(27)11-14)31-24(33)20-21(25(31)34)23(37-13-26(28,29)30)16-8-6-5-7-15(16)22(20)36-4-2;1-3-34-21(32)12-15-9-10-20(19(27)11-15)31-13-18-22(25(31)33)24(35-4-2)17-8-6-5-7-16(17)23(18)36-14-26(28,29)30;1-3-34-21(32)12-15-9-10-20(19(27)11-15)31-13-18-22(25(31)33)24(36-14-26(28,29)30)17-8-6-5-7-16(17)23(18)35-4-2;;/h5-11,25,34H,3-4,12-13H2,1-2H3;5-11,24,33H,3-4,12-13H2,1-2H3;2*5-11H,3-4,12-14H2,1-2H3;2*1H4. The zero-order chi connectivity index (χ0) is 106. The summed E-state index contributed by atoms with van der Waals surface area (Å²) in [7, 11) is 0. The van der Waals surface area contributed by atoms with E-state index < -0.39 is 111 Å². The Labute approximate surface area is 860 Å². The number of halogens is 16. The van der Waals surface area contributed by atoms with Gasteiger partial charge in [-0.2, -0.15) is 52.7 Å². The maximum atomic E-state index is 13.7. The minimum Gasteiger partial charge on any atom is -0.493 e. The normalized spacial score (nSPS) is 14.0. The molecule has 4 aliphatic heterocycles. The summed E-state index contributed by atoms with van der Waals surface area (Å²) in [6.45, 7) is 9.14. The Bertz CT molecular complexity index is 6880. The zero-order valence-corrected chi connectivity index (χ0v) is 82.0. The van der Waals surface area contributed by atoms with Crippen LogP contribution >= 0.6 is 46.4 Å². The van der Waals surface area contributed by atoms with Crippen LogP contribution < -0.4 is 57.5 Å². The summed E-state index contributed by atoms with van der Waals surface area (Å²) in [4.78, 5) is 107. The Morgan fingerprint density at radius 3 is 0.784 bits per heavy atom. The number of aliphatic hydroxyl groups is 2. The molecule has 12 aromatic rings. The summed E-state index contributed by atoms with van der Waals surface area (Å²) < 4.78 is 221. The molecule has 0 radical (unpaired) electrons. The number of amides is 4. The van der Waals surface area contributed by atoms with E-state index in [-0.39, 0.29) is 228 Å². The minimum atomic E-state index is -4.66. The molecule has 42 heteroatoms. The minimum absolute atomic E-state index is 0. The quantitative estimate of drug-likeness (QED) is 0.0225. The van der Waals surface area contributed by atoms with Crippen molar-refractivity contribution in [2.24, 2.45) is 0 Å². The monoisotopic (exact) mass is 2150 g/mol. The van der Waals surface area contributed by atoms with E-state index in [9.17, 15) is 101 Å². The third-order valence-electron chi connectivity index (χ3n) is 22.6. The number of ether oxygens (including phenoxy) is 12. The van der Waals surface area contributed by atoms with E-state index in [1.165, 1.54) is 46.2 Å². The van der Waals surface area contributed by atoms with E-state index in [1.807, 2.05) is 0 Å². The van der Waals surface area contributed by atoms with E-state index >= 15 is 0 Å². The number of rotatable bonds is 32. The van der Waals surface area contributed by atoms with E-state index in [2.05, 4.69) is 0 Å². The van der Waals surface area contributed by atoms with Gasteiger partial charge in [-0.15, -0.1) is 0 Å². The Morgan fingerprint density at radius 1 is 0.297 bits per heavy atom. The highest BCUT2D eigenvalue weighted by atomic mass is 35.5. The van der Waals surface area contributed by atoms with Crippen LogP contribution in [0.15, 0.2) is 170 Å². The SMILES string of the molecule is C.C.CCOC(=O)Cc1ccc(N2C(=O)c3c(c(OCC(F)(F)F)c4ccccc4c3OCC)C2O)c(Cl)c1.CCOC(=O)Cc1ccc(N2C(=O)c3c(c(OCC)c4ccccc4c3OCC(F)(F)F)C2O)c(Cl)c1.CCOC(=O)Cc1ccc(N2Cc3c(c(OCC(F)(F)F)c4ccccc4c3OCC)C2=O)c(Cl)c1.CCOC(=O)Cc1ccc(N2Cc3c(c(OCC)c4ccccc4c3OCC(F)(F)F)C2=O)c(Cl)c1. The first-order chi connectivity index (χ1) is 69.4. The summed E-state index contributed by atoms with van der Waals surface area (Å²) >= 11 is 25.9. The van der Waals surface area contributed by atoms with Crippen LogP contribution in [0.1, 0.15) is 169 Å². The molecule has 148 heavy (non-hydrogen) atoms. The fraction of sp³-hybridized carbons (Fsp3) is 0.321. The van der Waals surface area contributed by atoms with Gasteiger partial charge >= 0.3 is 48.6 Å². The van der Waals surface area contributed by atoms with Crippen LogP contribution in [0, 0.1) is 0 Å². The number of benzene rings is 12. The lowest BCUT2D eigenvalue weighted by Crippen LogP contribution is -2.28. The molecule has 2 N–H and O–H groups in total. The topological polar surface area (TPSA) is 301 Å². The van der Waals surface area contributed by atoms with E-state index in [0.29, 0.717) is 77.3 Å². The van der Waals surface area contributed by atoms with Crippen molar-refractivity contribution in [3.63, 3.8) is 0 Å². The summed E-state index contributed by atoms with van der Waals surface area (Å²) in [5, 5.41) is 26.1. The van der Waals surface area contributed by atoms with Crippen LogP contribution in [0.3, 0.4) is 0 Å². The number of anilines is 4. The lowest BCUT2D eigenvalue weighted by atomic mass is 9.98. The van der Waals surface area contributed by atoms with Crippen LogP contribution in [-0.4, -0.2) is 162 Å². The molecular formula is C106H100Cl4F12N4O22. The molecule has 0 bridgehead atoms.